The van der Waals surface area contributed by atoms with E-state index in [0.29, 0.717) is 23.0 Å². The van der Waals surface area contributed by atoms with Gasteiger partial charge in [-0.25, -0.2) is 9.18 Å². The summed E-state index contributed by atoms with van der Waals surface area (Å²) in [4.78, 5) is 11.8. The first-order chi connectivity index (χ1) is 9.19. The smallest absolute Gasteiger partial charge is 0.324 e. The van der Waals surface area contributed by atoms with Crippen molar-refractivity contribution in [3.05, 3.63) is 41.5 Å². The number of anilines is 2. The van der Waals surface area contributed by atoms with E-state index in [1.165, 1.54) is 29.5 Å². The molecule has 0 saturated heterocycles. The monoisotopic (exact) mass is 280 g/mol. The second-order valence-electron chi connectivity index (χ2n) is 3.64. The number of nitrogens with one attached hydrogen (secondary N) is 2. The average molecular weight is 280 g/mol. The maximum absolute atomic E-state index is 13.0. The molecule has 2 rings (SSSR count). The first kappa shape index (κ1) is 13.4. The molecule has 19 heavy (non-hydrogen) atoms. The Morgan fingerprint density at radius 1 is 1.37 bits per heavy atom. The van der Waals surface area contributed by atoms with Crippen molar-refractivity contribution in [2.24, 2.45) is 0 Å². The van der Waals surface area contributed by atoms with Crippen LogP contribution in [0.4, 0.5) is 19.9 Å². The summed E-state index contributed by atoms with van der Waals surface area (Å²) >= 11 is 1.36. The second kappa shape index (κ2) is 6.19. The van der Waals surface area contributed by atoms with Crippen molar-refractivity contribution >= 4 is 28.1 Å². The van der Waals surface area contributed by atoms with Crippen LogP contribution < -0.4 is 15.4 Å². The van der Waals surface area contributed by atoms with E-state index < -0.39 is 11.8 Å². The summed E-state index contributed by atoms with van der Waals surface area (Å²) in [5.74, 6) is 0.228. The lowest BCUT2D eigenvalue weighted by Gasteiger charge is -2.08. The highest BCUT2D eigenvalue weighted by molar-refractivity contribution is 7.14. The second-order valence-corrected chi connectivity index (χ2v) is 4.55. The lowest BCUT2D eigenvalue weighted by molar-refractivity contribution is 0.262. The molecule has 0 spiro atoms. The van der Waals surface area contributed by atoms with Gasteiger partial charge in [0.25, 0.3) is 0 Å². The van der Waals surface area contributed by atoms with Crippen LogP contribution in [0.3, 0.4) is 0 Å². The van der Waals surface area contributed by atoms with Gasteiger partial charge in [-0.2, -0.15) is 0 Å². The third kappa shape index (κ3) is 3.69. The minimum Gasteiger partial charge on any atom is -0.491 e. The highest BCUT2D eigenvalue weighted by atomic mass is 32.1. The summed E-state index contributed by atoms with van der Waals surface area (Å²) in [6.45, 7) is 2.39. The van der Waals surface area contributed by atoms with Gasteiger partial charge in [0.2, 0.25) is 0 Å². The predicted octanol–water partition coefficient (Wildman–Crippen LogP) is 3.93. The third-order valence-corrected chi connectivity index (χ3v) is 3.05. The number of carbonyl (C=O) groups excluding carboxylic acids is 1. The summed E-state index contributed by atoms with van der Waals surface area (Å²) < 4.78 is 18.3. The van der Waals surface area contributed by atoms with Gasteiger partial charge < -0.3 is 10.1 Å². The SMILES string of the molecule is CCOc1ccsc1NC(=O)Nc1cccc(F)c1. The molecule has 4 nitrogen and oxygen atoms in total. The van der Waals surface area contributed by atoms with Crippen LogP contribution in [-0.2, 0) is 0 Å². The minimum absolute atomic E-state index is 0.395. The first-order valence-corrected chi connectivity index (χ1v) is 6.61. The lowest BCUT2D eigenvalue weighted by Crippen LogP contribution is -2.19. The van der Waals surface area contributed by atoms with Crippen LogP contribution >= 0.6 is 11.3 Å². The Kier molecular flexibility index (Phi) is 4.35. The van der Waals surface area contributed by atoms with Gasteiger partial charge in [0.15, 0.2) is 5.75 Å². The summed E-state index contributed by atoms with van der Waals surface area (Å²) in [6.07, 6.45) is 0. The van der Waals surface area contributed by atoms with E-state index in [1.807, 2.05) is 12.3 Å². The molecule has 0 atom stereocenters. The van der Waals surface area contributed by atoms with Crippen molar-refractivity contribution in [2.45, 2.75) is 6.92 Å². The summed E-state index contributed by atoms with van der Waals surface area (Å²) in [6, 6.07) is 7.05. The number of benzene rings is 1. The van der Waals surface area contributed by atoms with Crippen molar-refractivity contribution in [1.82, 2.24) is 0 Å². The van der Waals surface area contributed by atoms with Gasteiger partial charge in [-0.05, 0) is 36.6 Å². The molecule has 0 radical (unpaired) electrons. The number of hydrogen-bond donors (Lipinski definition) is 2. The van der Waals surface area contributed by atoms with Crippen LogP contribution in [0.5, 0.6) is 5.75 Å². The van der Waals surface area contributed by atoms with Crippen molar-refractivity contribution in [3.8, 4) is 5.75 Å². The molecule has 6 heteroatoms. The molecule has 0 saturated carbocycles. The number of rotatable bonds is 4. The minimum atomic E-state index is -0.436. The molecule has 100 valence electrons. The Labute approximate surface area is 114 Å². The van der Waals surface area contributed by atoms with E-state index in [0.717, 1.165) is 0 Å². The molecule has 0 fully saturated rings. The highest BCUT2D eigenvalue weighted by Gasteiger charge is 2.09. The Bertz CT molecular complexity index is 571. The molecule has 0 aliphatic heterocycles. The van der Waals surface area contributed by atoms with Crippen molar-refractivity contribution in [3.63, 3.8) is 0 Å². The standard InChI is InChI=1S/C13H13FN2O2S/c1-2-18-11-6-7-19-12(11)16-13(17)15-10-5-3-4-9(14)8-10/h3-8H,2H2,1H3,(H2,15,16,17). The Balaban J connectivity index is 1.99. The fraction of sp³-hybridized carbons (Fsp3) is 0.154. The zero-order chi connectivity index (χ0) is 13.7. The van der Waals surface area contributed by atoms with E-state index in [2.05, 4.69) is 10.6 Å². The van der Waals surface area contributed by atoms with E-state index in [9.17, 15) is 9.18 Å². The van der Waals surface area contributed by atoms with E-state index in [1.54, 1.807) is 12.1 Å². The van der Waals surface area contributed by atoms with Crippen LogP contribution in [0.2, 0.25) is 0 Å². The molecular formula is C13H13FN2O2S. The molecule has 0 bridgehead atoms. The molecule has 2 aromatic rings. The summed E-state index contributed by atoms with van der Waals surface area (Å²) in [5, 5.41) is 7.66. The molecule has 2 amide bonds. The van der Waals surface area contributed by atoms with Crippen molar-refractivity contribution in [1.29, 1.82) is 0 Å². The topological polar surface area (TPSA) is 50.4 Å². The van der Waals surface area contributed by atoms with Gasteiger partial charge >= 0.3 is 6.03 Å². The maximum Gasteiger partial charge on any atom is 0.324 e. The zero-order valence-electron chi connectivity index (χ0n) is 10.3. The quantitative estimate of drug-likeness (QED) is 0.891. The van der Waals surface area contributed by atoms with Crippen LogP contribution in [-0.4, -0.2) is 12.6 Å². The number of hydrogen-bond acceptors (Lipinski definition) is 3. The Morgan fingerprint density at radius 2 is 2.21 bits per heavy atom. The summed E-state index contributed by atoms with van der Waals surface area (Å²) in [7, 11) is 0. The molecule has 0 aliphatic rings. The molecule has 1 heterocycles. The van der Waals surface area contributed by atoms with E-state index >= 15 is 0 Å². The van der Waals surface area contributed by atoms with Gasteiger partial charge in [0, 0.05) is 5.69 Å². The number of thiophene rings is 1. The van der Waals surface area contributed by atoms with Gasteiger partial charge in [0.1, 0.15) is 10.8 Å². The highest BCUT2D eigenvalue weighted by Crippen LogP contribution is 2.30. The Morgan fingerprint density at radius 3 is 2.95 bits per heavy atom. The number of amides is 2. The zero-order valence-corrected chi connectivity index (χ0v) is 11.1. The number of carbonyl (C=O) groups is 1. The van der Waals surface area contributed by atoms with Gasteiger partial charge in [0.05, 0.1) is 6.61 Å². The lowest BCUT2D eigenvalue weighted by atomic mass is 10.3. The molecule has 0 aliphatic carbocycles. The Hall–Kier alpha value is -2.08. The van der Waals surface area contributed by atoms with Crippen LogP contribution in [0.15, 0.2) is 35.7 Å². The van der Waals surface area contributed by atoms with Crippen LogP contribution in [0, 0.1) is 5.82 Å². The summed E-state index contributed by atoms with van der Waals surface area (Å²) in [5.41, 5.74) is 0.395. The van der Waals surface area contributed by atoms with Gasteiger partial charge in [-0.1, -0.05) is 6.07 Å². The fourth-order valence-electron chi connectivity index (χ4n) is 1.49. The molecular weight excluding hydrogens is 267 g/mol. The van der Waals surface area contributed by atoms with E-state index in [-0.39, 0.29) is 0 Å². The van der Waals surface area contributed by atoms with Gasteiger partial charge in [-0.3, -0.25) is 5.32 Å². The number of halogens is 1. The fourth-order valence-corrected chi connectivity index (χ4v) is 2.21. The predicted molar refractivity (Wildman–Crippen MR) is 74.5 cm³/mol. The van der Waals surface area contributed by atoms with E-state index in [4.69, 9.17) is 4.74 Å². The van der Waals surface area contributed by atoms with Crippen LogP contribution in [0.1, 0.15) is 6.92 Å². The largest absolute Gasteiger partial charge is 0.491 e. The van der Waals surface area contributed by atoms with Crippen molar-refractivity contribution in [2.75, 3.05) is 17.2 Å². The molecule has 1 aromatic carbocycles. The maximum atomic E-state index is 13.0. The van der Waals surface area contributed by atoms with Gasteiger partial charge in [-0.15, -0.1) is 11.3 Å². The van der Waals surface area contributed by atoms with Crippen molar-refractivity contribution < 1.29 is 13.9 Å². The number of urea groups is 1. The first-order valence-electron chi connectivity index (χ1n) is 5.73. The third-order valence-electron chi connectivity index (χ3n) is 2.24. The molecule has 0 unspecified atom stereocenters. The normalized spacial score (nSPS) is 10.0. The van der Waals surface area contributed by atoms with Crippen LogP contribution in [0.25, 0.3) is 0 Å². The average Bonchev–Trinajstić information content (AvgIpc) is 2.77. The molecule has 1 aromatic heterocycles. The number of ether oxygens (including phenoxy) is 1. The molecule has 2 N–H and O–H groups in total.